The molecule has 0 spiro atoms. The molecule has 0 saturated carbocycles. The summed E-state index contributed by atoms with van der Waals surface area (Å²) in [4.78, 5) is 22.2. The summed E-state index contributed by atoms with van der Waals surface area (Å²) in [6.07, 6.45) is 0. The zero-order chi connectivity index (χ0) is 22.5. The van der Waals surface area contributed by atoms with Crippen LogP contribution in [0, 0.1) is 13.8 Å². The second-order valence-corrected chi connectivity index (χ2v) is 8.82. The van der Waals surface area contributed by atoms with Gasteiger partial charge in [-0.25, -0.2) is 4.98 Å². The van der Waals surface area contributed by atoms with Crippen molar-refractivity contribution in [1.29, 1.82) is 0 Å². The van der Waals surface area contributed by atoms with Gasteiger partial charge in [-0.1, -0.05) is 17.4 Å². The van der Waals surface area contributed by atoms with Gasteiger partial charge < -0.3 is 14.2 Å². The number of nitrogens with zero attached hydrogens (tertiary/aromatic N) is 3. The molecule has 4 rings (SSSR count). The number of amides is 1. The number of carbonyl (C=O) groups excluding carboxylic acids is 1. The summed E-state index contributed by atoms with van der Waals surface area (Å²) in [7, 11) is 1.62. The average Bonchev–Trinajstić information content (AvgIpc) is 3.26. The van der Waals surface area contributed by atoms with E-state index in [9.17, 15) is 4.79 Å². The number of aromatic nitrogens is 1. The Balaban J connectivity index is 1.52. The largest absolute Gasteiger partial charge is 0.497 e. The Morgan fingerprint density at radius 1 is 1.12 bits per heavy atom. The van der Waals surface area contributed by atoms with Gasteiger partial charge in [-0.3, -0.25) is 14.6 Å². The molecule has 2 aromatic carbocycles. The van der Waals surface area contributed by atoms with E-state index in [2.05, 4.69) is 30.9 Å². The molecule has 7 nitrogen and oxygen atoms in total. The fourth-order valence-electron chi connectivity index (χ4n) is 3.62. The normalized spacial score (nSPS) is 14.5. The maximum absolute atomic E-state index is 13.2. The standard InChI is InChI=1S/C24H29N3O4S/c1-17-4-9-21-23(18(17)2)25-24(32-21)27(11-10-26-12-14-30-15-13-26)22(28)16-31-20-7-5-19(29-3)6-8-20/h4-9H,10-16H2,1-3H3. The number of hydrogen-bond donors (Lipinski definition) is 0. The van der Waals surface area contributed by atoms with Gasteiger partial charge in [0.15, 0.2) is 11.7 Å². The van der Waals surface area contributed by atoms with Crippen LogP contribution in [0.2, 0.25) is 0 Å². The molecule has 0 unspecified atom stereocenters. The van der Waals surface area contributed by atoms with E-state index in [1.807, 2.05) is 12.1 Å². The van der Waals surface area contributed by atoms with Crippen molar-refractivity contribution in [3.8, 4) is 11.5 Å². The van der Waals surface area contributed by atoms with Crippen LogP contribution in [0.4, 0.5) is 5.13 Å². The van der Waals surface area contributed by atoms with Crippen LogP contribution in [0.15, 0.2) is 36.4 Å². The van der Waals surface area contributed by atoms with Gasteiger partial charge in [0.1, 0.15) is 11.5 Å². The number of ether oxygens (including phenoxy) is 3. The highest BCUT2D eigenvalue weighted by atomic mass is 32.1. The molecule has 0 bridgehead atoms. The molecule has 1 aromatic heterocycles. The van der Waals surface area contributed by atoms with Crippen LogP contribution < -0.4 is 14.4 Å². The monoisotopic (exact) mass is 455 g/mol. The van der Waals surface area contributed by atoms with Crippen LogP contribution >= 0.6 is 11.3 Å². The first-order chi connectivity index (χ1) is 15.5. The van der Waals surface area contributed by atoms with E-state index in [1.54, 1.807) is 35.5 Å². The van der Waals surface area contributed by atoms with Gasteiger partial charge in [-0.2, -0.15) is 0 Å². The predicted octanol–water partition coefficient (Wildman–Crippen LogP) is 3.67. The first-order valence-corrected chi connectivity index (χ1v) is 11.6. The third-order valence-electron chi connectivity index (χ3n) is 5.77. The first-order valence-electron chi connectivity index (χ1n) is 10.8. The minimum Gasteiger partial charge on any atom is -0.497 e. The summed E-state index contributed by atoms with van der Waals surface area (Å²) in [5.41, 5.74) is 3.31. The minimum absolute atomic E-state index is 0.0522. The minimum atomic E-state index is -0.109. The zero-order valence-corrected chi connectivity index (χ0v) is 19.6. The highest BCUT2D eigenvalue weighted by Crippen LogP contribution is 2.32. The molecule has 0 aliphatic carbocycles. The Labute approximate surface area is 192 Å². The Bertz CT molecular complexity index is 1060. The summed E-state index contributed by atoms with van der Waals surface area (Å²) in [6, 6.07) is 11.4. The van der Waals surface area contributed by atoms with Crippen molar-refractivity contribution in [1.82, 2.24) is 9.88 Å². The number of morpholine rings is 1. The number of fused-ring (bicyclic) bond motifs is 1. The van der Waals surface area contributed by atoms with Crippen molar-refractivity contribution < 1.29 is 19.0 Å². The summed E-state index contributed by atoms with van der Waals surface area (Å²) >= 11 is 1.55. The SMILES string of the molecule is COc1ccc(OCC(=O)N(CCN2CCOCC2)c2nc3c(C)c(C)ccc3s2)cc1. The average molecular weight is 456 g/mol. The molecule has 1 saturated heterocycles. The van der Waals surface area contributed by atoms with Gasteiger partial charge in [-0.15, -0.1) is 0 Å². The summed E-state index contributed by atoms with van der Waals surface area (Å²) in [6.45, 7) is 8.65. The second-order valence-electron chi connectivity index (χ2n) is 7.81. The molecule has 170 valence electrons. The predicted molar refractivity (Wildman–Crippen MR) is 127 cm³/mol. The Morgan fingerprint density at radius 2 is 1.84 bits per heavy atom. The Kier molecular flexibility index (Phi) is 7.24. The van der Waals surface area contributed by atoms with Crippen LogP contribution in [-0.4, -0.2) is 68.9 Å². The van der Waals surface area contributed by atoms with E-state index >= 15 is 0 Å². The van der Waals surface area contributed by atoms with E-state index in [0.717, 1.165) is 54.4 Å². The molecule has 1 amide bonds. The van der Waals surface area contributed by atoms with Gasteiger partial charge >= 0.3 is 0 Å². The van der Waals surface area contributed by atoms with E-state index in [-0.39, 0.29) is 12.5 Å². The lowest BCUT2D eigenvalue weighted by Gasteiger charge is -2.29. The number of methoxy groups -OCH3 is 1. The lowest BCUT2D eigenvalue weighted by Crippen LogP contribution is -2.44. The zero-order valence-electron chi connectivity index (χ0n) is 18.8. The smallest absolute Gasteiger partial charge is 0.266 e. The summed E-state index contributed by atoms with van der Waals surface area (Å²) in [5, 5.41) is 0.713. The quantitative estimate of drug-likeness (QED) is 0.517. The van der Waals surface area contributed by atoms with Crippen molar-refractivity contribution in [2.24, 2.45) is 0 Å². The third-order valence-corrected chi connectivity index (χ3v) is 6.81. The van der Waals surface area contributed by atoms with Gasteiger partial charge in [0.2, 0.25) is 0 Å². The fourth-order valence-corrected chi connectivity index (χ4v) is 4.69. The molecule has 0 atom stereocenters. The van der Waals surface area contributed by atoms with Gasteiger partial charge in [0.25, 0.3) is 5.91 Å². The number of benzene rings is 2. The number of carbonyl (C=O) groups is 1. The molecule has 1 aliphatic heterocycles. The van der Waals surface area contributed by atoms with Crippen LogP contribution in [0.3, 0.4) is 0 Å². The highest BCUT2D eigenvalue weighted by Gasteiger charge is 2.22. The molecule has 32 heavy (non-hydrogen) atoms. The molecule has 0 N–H and O–H groups in total. The lowest BCUT2D eigenvalue weighted by molar-refractivity contribution is -0.120. The van der Waals surface area contributed by atoms with Crippen LogP contribution in [0.5, 0.6) is 11.5 Å². The van der Waals surface area contributed by atoms with Crippen LogP contribution in [-0.2, 0) is 9.53 Å². The van der Waals surface area contributed by atoms with Crippen molar-refractivity contribution in [3.63, 3.8) is 0 Å². The van der Waals surface area contributed by atoms with E-state index in [4.69, 9.17) is 19.2 Å². The maximum Gasteiger partial charge on any atom is 0.266 e. The summed E-state index contributed by atoms with van der Waals surface area (Å²) in [5.74, 6) is 1.27. The van der Waals surface area contributed by atoms with Gasteiger partial charge in [0, 0.05) is 26.2 Å². The Morgan fingerprint density at radius 3 is 2.56 bits per heavy atom. The number of thiazole rings is 1. The lowest BCUT2D eigenvalue weighted by atomic mass is 10.1. The highest BCUT2D eigenvalue weighted by molar-refractivity contribution is 7.22. The van der Waals surface area contributed by atoms with Crippen LogP contribution in [0.25, 0.3) is 10.2 Å². The molecule has 1 aliphatic rings. The second kappa shape index (κ2) is 10.3. The molecule has 8 heteroatoms. The molecule has 0 radical (unpaired) electrons. The number of anilines is 1. The number of aryl methyl sites for hydroxylation is 2. The Hall–Kier alpha value is -2.68. The van der Waals surface area contributed by atoms with Crippen LogP contribution in [0.1, 0.15) is 11.1 Å². The van der Waals surface area contributed by atoms with Gasteiger partial charge in [0.05, 0.1) is 30.5 Å². The van der Waals surface area contributed by atoms with E-state index in [1.165, 1.54) is 5.56 Å². The van der Waals surface area contributed by atoms with Crippen molar-refractivity contribution in [3.05, 3.63) is 47.5 Å². The molecular weight excluding hydrogens is 426 g/mol. The third kappa shape index (κ3) is 5.20. The summed E-state index contributed by atoms with van der Waals surface area (Å²) < 4.78 is 17.5. The van der Waals surface area contributed by atoms with Crippen molar-refractivity contribution in [2.45, 2.75) is 13.8 Å². The molecule has 1 fully saturated rings. The number of hydrogen-bond acceptors (Lipinski definition) is 7. The van der Waals surface area contributed by atoms with Gasteiger partial charge in [-0.05, 0) is 55.3 Å². The van der Waals surface area contributed by atoms with Crippen molar-refractivity contribution in [2.75, 3.05) is 58.0 Å². The number of rotatable bonds is 8. The van der Waals surface area contributed by atoms with E-state index in [0.29, 0.717) is 17.4 Å². The van der Waals surface area contributed by atoms with Crippen molar-refractivity contribution >= 4 is 32.6 Å². The fraction of sp³-hybridized carbons (Fsp3) is 0.417. The first kappa shape index (κ1) is 22.5. The molecule has 3 aromatic rings. The molecule has 2 heterocycles. The topological polar surface area (TPSA) is 64.1 Å². The molecular formula is C24H29N3O4S. The van der Waals surface area contributed by atoms with E-state index < -0.39 is 0 Å². The maximum atomic E-state index is 13.2.